The molecule has 1 aromatic heterocycles. The second kappa shape index (κ2) is 4.88. The van der Waals surface area contributed by atoms with Crippen molar-refractivity contribution in [2.75, 3.05) is 18.5 Å². The summed E-state index contributed by atoms with van der Waals surface area (Å²) >= 11 is 0. The van der Waals surface area contributed by atoms with Crippen molar-refractivity contribution in [3.63, 3.8) is 0 Å². The summed E-state index contributed by atoms with van der Waals surface area (Å²) in [6.07, 6.45) is 6.00. The van der Waals surface area contributed by atoms with Crippen molar-refractivity contribution in [1.82, 2.24) is 10.3 Å². The monoisotopic (exact) mass is 245 g/mol. The van der Waals surface area contributed by atoms with Gasteiger partial charge in [-0.3, -0.25) is 4.98 Å². The number of anilines is 1. The number of nitrogens with zero attached hydrogens (tertiary/aromatic N) is 2. The molecule has 0 saturated heterocycles. The average molecular weight is 245 g/mol. The first kappa shape index (κ1) is 12.0. The molecule has 0 spiro atoms. The molecule has 0 bridgehead atoms. The summed E-state index contributed by atoms with van der Waals surface area (Å²) in [5, 5.41) is 3.52. The first-order chi connectivity index (χ1) is 8.72. The summed E-state index contributed by atoms with van der Waals surface area (Å²) in [6.45, 7) is 4.43. The van der Waals surface area contributed by atoms with Crippen LogP contribution in [0.5, 0.6) is 0 Å². The van der Waals surface area contributed by atoms with Crippen LogP contribution in [0.1, 0.15) is 31.9 Å². The number of rotatable bonds is 6. The molecule has 2 fully saturated rings. The molecule has 3 nitrogen and oxygen atoms in total. The summed E-state index contributed by atoms with van der Waals surface area (Å²) in [5.41, 5.74) is 2.46. The van der Waals surface area contributed by atoms with Crippen molar-refractivity contribution in [3.05, 3.63) is 24.0 Å². The molecule has 0 radical (unpaired) electrons. The lowest BCUT2D eigenvalue weighted by molar-refractivity contribution is 0.673. The van der Waals surface area contributed by atoms with E-state index in [1.165, 1.54) is 31.5 Å². The van der Waals surface area contributed by atoms with Crippen LogP contribution in [0.3, 0.4) is 0 Å². The Balaban J connectivity index is 1.57. The fraction of sp³-hybridized carbons (Fsp3) is 0.667. The van der Waals surface area contributed by atoms with E-state index in [1.54, 1.807) is 0 Å². The third-order valence-electron chi connectivity index (χ3n) is 4.17. The summed E-state index contributed by atoms with van der Waals surface area (Å²) < 4.78 is 0. The maximum absolute atomic E-state index is 4.44. The average Bonchev–Trinajstić information content (AvgIpc) is 3.27. The first-order valence-corrected chi connectivity index (χ1v) is 7.12. The number of pyridine rings is 1. The number of hydrogen-bond donors (Lipinski definition) is 1. The Morgan fingerprint density at radius 2 is 2.22 bits per heavy atom. The first-order valence-electron chi connectivity index (χ1n) is 7.12. The predicted octanol–water partition coefficient (Wildman–Crippen LogP) is 2.43. The number of aromatic nitrogens is 1. The summed E-state index contributed by atoms with van der Waals surface area (Å²) in [4.78, 5) is 6.81. The van der Waals surface area contributed by atoms with Crippen LogP contribution in [0.15, 0.2) is 18.3 Å². The highest BCUT2D eigenvalue weighted by molar-refractivity contribution is 5.46. The minimum atomic E-state index is 0.750. The molecular formula is C15H23N3. The van der Waals surface area contributed by atoms with Crippen LogP contribution in [0, 0.1) is 11.8 Å². The number of nitrogens with one attached hydrogen (secondary N) is 1. The van der Waals surface area contributed by atoms with Gasteiger partial charge in [0, 0.05) is 38.1 Å². The smallest absolute Gasteiger partial charge is 0.0562 e. The lowest BCUT2D eigenvalue weighted by atomic mass is 10.2. The van der Waals surface area contributed by atoms with Gasteiger partial charge in [-0.2, -0.15) is 0 Å². The fourth-order valence-corrected chi connectivity index (χ4v) is 2.45. The van der Waals surface area contributed by atoms with E-state index in [4.69, 9.17) is 0 Å². The second-order valence-electron chi connectivity index (χ2n) is 6.01. The summed E-state index contributed by atoms with van der Waals surface area (Å²) in [7, 11) is 2.19. The molecule has 98 valence electrons. The van der Waals surface area contributed by atoms with Crippen molar-refractivity contribution >= 4 is 5.69 Å². The van der Waals surface area contributed by atoms with Crippen LogP contribution in [0.25, 0.3) is 0 Å². The van der Waals surface area contributed by atoms with Crippen LogP contribution in [-0.4, -0.2) is 24.6 Å². The SMILES string of the molecule is CC1CC1CN(C)c1ccnc(CNC2CC2)c1. The lowest BCUT2D eigenvalue weighted by Gasteiger charge is -2.19. The molecule has 2 atom stereocenters. The van der Waals surface area contributed by atoms with Crippen LogP contribution >= 0.6 is 0 Å². The zero-order valence-electron chi connectivity index (χ0n) is 11.4. The van der Waals surface area contributed by atoms with Gasteiger partial charge in [-0.25, -0.2) is 0 Å². The minimum absolute atomic E-state index is 0.750. The highest BCUT2D eigenvalue weighted by Gasteiger charge is 2.33. The van der Waals surface area contributed by atoms with Gasteiger partial charge < -0.3 is 10.2 Å². The van der Waals surface area contributed by atoms with E-state index in [0.29, 0.717) is 0 Å². The molecule has 1 aromatic rings. The van der Waals surface area contributed by atoms with Gasteiger partial charge >= 0.3 is 0 Å². The zero-order valence-corrected chi connectivity index (χ0v) is 11.4. The van der Waals surface area contributed by atoms with Gasteiger partial charge in [-0.15, -0.1) is 0 Å². The molecule has 0 aromatic carbocycles. The molecule has 3 heteroatoms. The predicted molar refractivity (Wildman–Crippen MR) is 74.6 cm³/mol. The normalized spacial score (nSPS) is 26.1. The molecule has 2 saturated carbocycles. The van der Waals surface area contributed by atoms with E-state index in [9.17, 15) is 0 Å². The van der Waals surface area contributed by atoms with E-state index in [1.807, 2.05) is 6.20 Å². The molecular weight excluding hydrogens is 222 g/mol. The lowest BCUT2D eigenvalue weighted by Crippen LogP contribution is -2.21. The van der Waals surface area contributed by atoms with Gasteiger partial charge in [0.1, 0.15) is 0 Å². The van der Waals surface area contributed by atoms with E-state index in [0.717, 1.165) is 30.1 Å². The quantitative estimate of drug-likeness (QED) is 0.834. The summed E-state index contributed by atoms with van der Waals surface area (Å²) in [5.74, 6) is 1.82. The van der Waals surface area contributed by atoms with E-state index in [-0.39, 0.29) is 0 Å². The Labute approximate surface area is 110 Å². The van der Waals surface area contributed by atoms with E-state index in [2.05, 4.69) is 41.3 Å². The highest BCUT2D eigenvalue weighted by Crippen LogP contribution is 2.38. The largest absolute Gasteiger partial charge is 0.374 e. The van der Waals surface area contributed by atoms with Crippen molar-refractivity contribution in [2.45, 2.75) is 38.8 Å². The Morgan fingerprint density at radius 3 is 2.89 bits per heavy atom. The molecule has 3 rings (SSSR count). The summed E-state index contributed by atoms with van der Waals surface area (Å²) in [6, 6.07) is 5.09. The third-order valence-corrected chi connectivity index (χ3v) is 4.17. The van der Waals surface area contributed by atoms with Crippen molar-refractivity contribution < 1.29 is 0 Å². The van der Waals surface area contributed by atoms with Crippen LogP contribution < -0.4 is 10.2 Å². The molecule has 18 heavy (non-hydrogen) atoms. The van der Waals surface area contributed by atoms with Gasteiger partial charge in [0.25, 0.3) is 0 Å². The highest BCUT2D eigenvalue weighted by atomic mass is 15.1. The standard InChI is InChI=1S/C15H23N3/c1-11-7-12(11)10-18(2)15-5-6-16-14(8-15)9-17-13-3-4-13/h5-6,8,11-13,17H,3-4,7,9-10H2,1-2H3. The maximum Gasteiger partial charge on any atom is 0.0562 e. The van der Waals surface area contributed by atoms with Gasteiger partial charge in [-0.05, 0) is 43.2 Å². The Kier molecular flexibility index (Phi) is 3.25. The minimum Gasteiger partial charge on any atom is -0.374 e. The number of hydrogen-bond acceptors (Lipinski definition) is 3. The van der Waals surface area contributed by atoms with Crippen LogP contribution in [0.4, 0.5) is 5.69 Å². The van der Waals surface area contributed by atoms with Gasteiger partial charge in [0.05, 0.1) is 5.69 Å². The molecule has 2 aliphatic rings. The Bertz CT molecular complexity index is 414. The van der Waals surface area contributed by atoms with Crippen LogP contribution in [0.2, 0.25) is 0 Å². The molecule has 2 aliphatic carbocycles. The molecule has 2 unspecified atom stereocenters. The second-order valence-corrected chi connectivity index (χ2v) is 6.01. The van der Waals surface area contributed by atoms with E-state index >= 15 is 0 Å². The topological polar surface area (TPSA) is 28.2 Å². The third kappa shape index (κ3) is 3.02. The van der Waals surface area contributed by atoms with Gasteiger partial charge in [0.15, 0.2) is 0 Å². The van der Waals surface area contributed by atoms with Crippen LogP contribution in [-0.2, 0) is 6.54 Å². The molecule has 1 heterocycles. The van der Waals surface area contributed by atoms with Gasteiger partial charge in [-0.1, -0.05) is 6.92 Å². The van der Waals surface area contributed by atoms with E-state index < -0.39 is 0 Å². The van der Waals surface area contributed by atoms with Gasteiger partial charge in [0.2, 0.25) is 0 Å². The fourth-order valence-electron chi connectivity index (χ4n) is 2.45. The van der Waals surface area contributed by atoms with Crippen molar-refractivity contribution in [3.8, 4) is 0 Å². The Morgan fingerprint density at radius 1 is 1.44 bits per heavy atom. The molecule has 1 N–H and O–H groups in total. The van der Waals surface area contributed by atoms with Crippen molar-refractivity contribution in [1.29, 1.82) is 0 Å². The maximum atomic E-state index is 4.44. The van der Waals surface area contributed by atoms with Crippen molar-refractivity contribution in [2.24, 2.45) is 11.8 Å². The molecule has 0 amide bonds. The molecule has 0 aliphatic heterocycles. The zero-order chi connectivity index (χ0) is 12.5. The Hall–Kier alpha value is -1.09.